The van der Waals surface area contributed by atoms with E-state index in [0.29, 0.717) is 12.0 Å². The molecule has 1 rings (SSSR count). The van der Waals surface area contributed by atoms with Gasteiger partial charge in [0.1, 0.15) is 5.54 Å². The van der Waals surface area contributed by atoms with Gasteiger partial charge in [-0.2, -0.15) is 5.26 Å². The van der Waals surface area contributed by atoms with Crippen LogP contribution in [0.25, 0.3) is 0 Å². The molecule has 1 heterocycles. The van der Waals surface area contributed by atoms with Crippen LogP contribution in [-0.4, -0.2) is 36.6 Å². The van der Waals surface area contributed by atoms with E-state index in [2.05, 4.69) is 44.1 Å². The van der Waals surface area contributed by atoms with Gasteiger partial charge < -0.3 is 4.90 Å². The summed E-state index contributed by atoms with van der Waals surface area (Å²) in [6.07, 6.45) is 0.930. The number of rotatable bonds is 2. The molecule has 0 bridgehead atoms. The largest absolute Gasteiger partial charge is 0.306 e. The highest BCUT2D eigenvalue weighted by molar-refractivity contribution is 5.13. The van der Waals surface area contributed by atoms with Gasteiger partial charge >= 0.3 is 0 Å². The quantitative estimate of drug-likeness (QED) is 0.720. The predicted molar refractivity (Wildman–Crippen MR) is 57.9 cm³/mol. The van der Waals surface area contributed by atoms with Crippen LogP contribution in [0.1, 0.15) is 27.2 Å². The Morgan fingerprint density at radius 1 is 1.57 bits per heavy atom. The van der Waals surface area contributed by atoms with Crippen molar-refractivity contribution >= 4 is 0 Å². The maximum absolute atomic E-state index is 9.32. The Labute approximate surface area is 87.1 Å². The minimum absolute atomic E-state index is 0.305. The molecule has 2 unspecified atom stereocenters. The zero-order valence-corrected chi connectivity index (χ0v) is 9.67. The fraction of sp³-hybridized carbons (Fsp3) is 0.909. The molecule has 1 aliphatic heterocycles. The first-order valence-electron chi connectivity index (χ1n) is 5.37. The minimum atomic E-state index is -0.305. The van der Waals surface area contributed by atoms with E-state index in [9.17, 15) is 5.26 Å². The summed E-state index contributed by atoms with van der Waals surface area (Å²) in [6, 6.07) is 2.86. The summed E-state index contributed by atoms with van der Waals surface area (Å²) in [6.45, 7) is 8.38. The lowest BCUT2D eigenvalue weighted by atomic mass is 9.79. The van der Waals surface area contributed by atoms with E-state index < -0.39 is 0 Å². The topological polar surface area (TPSA) is 39.1 Å². The monoisotopic (exact) mass is 195 g/mol. The fourth-order valence-corrected chi connectivity index (χ4v) is 2.26. The van der Waals surface area contributed by atoms with Gasteiger partial charge in [-0.05, 0) is 27.3 Å². The van der Waals surface area contributed by atoms with E-state index in [4.69, 9.17) is 0 Å². The average molecular weight is 195 g/mol. The standard InChI is InChI=1S/C11H21N3/c1-9(2)13-11(8-12)5-6-14(4)7-10(11)3/h9-10,13H,5-7H2,1-4H3. The predicted octanol–water partition coefficient (Wildman–Crippen LogP) is 1.22. The zero-order chi connectivity index (χ0) is 10.8. The summed E-state index contributed by atoms with van der Waals surface area (Å²) in [5, 5.41) is 12.7. The van der Waals surface area contributed by atoms with Crippen LogP contribution in [-0.2, 0) is 0 Å². The first-order valence-corrected chi connectivity index (χ1v) is 5.37. The van der Waals surface area contributed by atoms with Crippen molar-refractivity contribution in [1.82, 2.24) is 10.2 Å². The summed E-state index contributed by atoms with van der Waals surface area (Å²) in [5.41, 5.74) is -0.305. The Hall–Kier alpha value is -0.590. The highest BCUT2D eigenvalue weighted by Gasteiger charge is 2.40. The fourth-order valence-electron chi connectivity index (χ4n) is 2.26. The normalized spacial score (nSPS) is 34.4. The molecule has 0 aromatic carbocycles. The van der Waals surface area contributed by atoms with Crippen LogP contribution in [0.2, 0.25) is 0 Å². The molecule has 0 radical (unpaired) electrons. The molecule has 0 aromatic heterocycles. The smallest absolute Gasteiger partial charge is 0.111 e. The van der Waals surface area contributed by atoms with Crippen molar-refractivity contribution in [1.29, 1.82) is 5.26 Å². The Morgan fingerprint density at radius 3 is 2.64 bits per heavy atom. The van der Waals surface area contributed by atoms with Crippen molar-refractivity contribution in [2.75, 3.05) is 20.1 Å². The summed E-state index contributed by atoms with van der Waals surface area (Å²) >= 11 is 0. The summed E-state index contributed by atoms with van der Waals surface area (Å²) in [7, 11) is 2.12. The Morgan fingerprint density at radius 2 is 2.21 bits per heavy atom. The molecule has 3 heteroatoms. The molecule has 1 saturated heterocycles. The number of nitriles is 1. The van der Waals surface area contributed by atoms with Gasteiger partial charge in [-0.25, -0.2) is 0 Å². The number of piperidine rings is 1. The molecular formula is C11H21N3. The van der Waals surface area contributed by atoms with E-state index >= 15 is 0 Å². The first kappa shape index (κ1) is 11.5. The molecule has 80 valence electrons. The van der Waals surface area contributed by atoms with Crippen molar-refractivity contribution in [3.63, 3.8) is 0 Å². The van der Waals surface area contributed by atoms with Crippen molar-refractivity contribution in [3.8, 4) is 6.07 Å². The second-order valence-electron chi connectivity index (χ2n) is 4.80. The van der Waals surface area contributed by atoms with Gasteiger partial charge in [0.15, 0.2) is 0 Å². The second-order valence-corrected chi connectivity index (χ2v) is 4.80. The highest BCUT2D eigenvalue weighted by atomic mass is 15.1. The van der Waals surface area contributed by atoms with Crippen molar-refractivity contribution in [2.24, 2.45) is 5.92 Å². The van der Waals surface area contributed by atoms with Gasteiger partial charge in [0.05, 0.1) is 6.07 Å². The van der Waals surface area contributed by atoms with E-state index in [-0.39, 0.29) is 5.54 Å². The Balaban J connectivity index is 2.74. The SMILES string of the molecule is CC(C)NC1(C#N)CCN(C)CC1C. The van der Waals surface area contributed by atoms with Crippen LogP contribution in [0.5, 0.6) is 0 Å². The Kier molecular flexibility index (Phi) is 3.52. The first-order chi connectivity index (χ1) is 6.50. The van der Waals surface area contributed by atoms with Crippen LogP contribution < -0.4 is 5.32 Å². The van der Waals surface area contributed by atoms with Crippen LogP contribution in [0.3, 0.4) is 0 Å². The molecule has 0 spiro atoms. The Bertz CT molecular complexity index is 231. The lowest BCUT2D eigenvalue weighted by molar-refractivity contribution is 0.126. The van der Waals surface area contributed by atoms with E-state index in [1.165, 1.54) is 0 Å². The minimum Gasteiger partial charge on any atom is -0.306 e. The molecule has 0 aliphatic carbocycles. The number of nitrogens with one attached hydrogen (secondary N) is 1. The molecule has 1 aliphatic rings. The van der Waals surface area contributed by atoms with Gasteiger partial charge in [0.25, 0.3) is 0 Å². The maximum Gasteiger partial charge on any atom is 0.111 e. The van der Waals surface area contributed by atoms with Crippen LogP contribution >= 0.6 is 0 Å². The number of likely N-dealkylation sites (tertiary alicyclic amines) is 1. The van der Waals surface area contributed by atoms with Crippen LogP contribution in [0, 0.1) is 17.2 Å². The maximum atomic E-state index is 9.32. The second kappa shape index (κ2) is 4.29. The number of hydrogen-bond donors (Lipinski definition) is 1. The third kappa shape index (κ3) is 2.26. The van der Waals surface area contributed by atoms with Gasteiger partial charge in [-0.15, -0.1) is 0 Å². The van der Waals surface area contributed by atoms with Crippen LogP contribution in [0.15, 0.2) is 0 Å². The molecule has 3 nitrogen and oxygen atoms in total. The van der Waals surface area contributed by atoms with Gasteiger partial charge in [-0.1, -0.05) is 6.92 Å². The average Bonchev–Trinajstić information content (AvgIpc) is 2.10. The van der Waals surface area contributed by atoms with Crippen molar-refractivity contribution < 1.29 is 0 Å². The molecule has 1 fully saturated rings. The number of nitrogens with zero attached hydrogens (tertiary/aromatic N) is 2. The lowest BCUT2D eigenvalue weighted by Crippen LogP contribution is -2.59. The molecule has 14 heavy (non-hydrogen) atoms. The molecule has 1 N–H and O–H groups in total. The third-order valence-electron chi connectivity index (χ3n) is 3.06. The zero-order valence-electron chi connectivity index (χ0n) is 9.67. The third-order valence-corrected chi connectivity index (χ3v) is 3.06. The molecule has 0 amide bonds. The van der Waals surface area contributed by atoms with E-state index in [1.807, 2.05) is 0 Å². The molecular weight excluding hydrogens is 174 g/mol. The summed E-state index contributed by atoms with van der Waals surface area (Å²) in [5.74, 6) is 0.397. The van der Waals surface area contributed by atoms with Gasteiger partial charge in [0, 0.05) is 25.0 Å². The molecule has 0 aromatic rings. The molecule has 0 saturated carbocycles. The summed E-state index contributed by atoms with van der Waals surface area (Å²) in [4.78, 5) is 2.29. The van der Waals surface area contributed by atoms with Crippen LogP contribution in [0.4, 0.5) is 0 Å². The summed E-state index contributed by atoms with van der Waals surface area (Å²) < 4.78 is 0. The highest BCUT2D eigenvalue weighted by Crippen LogP contribution is 2.27. The molecule has 2 atom stereocenters. The van der Waals surface area contributed by atoms with Crippen molar-refractivity contribution in [2.45, 2.75) is 38.8 Å². The van der Waals surface area contributed by atoms with E-state index in [1.54, 1.807) is 0 Å². The number of hydrogen-bond acceptors (Lipinski definition) is 3. The van der Waals surface area contributed by atoms with Gasteiger partial charge in [0.2, 0.25) is 0 Å². The van der Waals surface area contributed by atoms with Gasteiger partial charge in [-0.3, -0.25) is 5.32 Å². The lowest BCUT2D eigenvalue weighted by Gasteiger charge is -2.42. The van der Waals surface area contributed by atoms with E-state index in [0.717, 1.165) is 19.5 Å². The van der Waals surface area contributed by atoms with Crippen molar-refractivity contribution in [3.05, 3.63) is 0 Å².